The number of aromatic nitrogens is 3. The van der Waals surface area contributed by atoms with Crippen LogP contribution in [0.15, 0.2) is 36.0 Å². The zero-order chi connectivity index (χ0) is 18.1. The maximum atomic E-state index is 12.7. The molecule has 0 spiro atoms. The van der Waals surface area contributed by atoms with Gasteiger partial charge in [-0.2, -0.15) is 5.10 Å². The molecule has 0 radical (unpaired) electrons. The Bertz CT molecular complexity index is 921. The van der Waals surface area contributed by atoms with E-state index in [0.717, 1.165) is 36.5 Å². The Morgan fingerprint density at radius 1 is 1.19 bits per heavy atom. The van der Waals surface area contributed by atoms with Gasteiger partial charge in [0, 0.05) is 30.3 Å². The number of carbonyl (C=O) groups is 1. The number of aryl methyl sites for hydroxylation is 2. The predicted octanol–water partition coefficient (Wildman–Crippen LogP) is 4.17. The molecular formula is C20H22N4OS. The van der Waals surface area contributed by atoms with E-state index >= 15 is 0 Å². The van der Waals surface area contributed by atoms with Crippen LogP contribution in [0, 0.1) is 13.8 Å². The van der Waals surface area contributed by atoms with Crippen LogP contribution in [0.3, 0.4) is 0 Å². The molecule has 26 heavy (non-hydrogen) atoms. The van der Waals surface area contributed by atoms with Crippen molar-refractivity contribution in [3.8, 4) is 11.1 Å². The Morgan fingerprint density at radius 2 is 1.96 bits per heavy atom. The summed E-state index contributed by atoms with van der Waals surface area (Å²) in [6.07, 6.45) is 3.82. The van der Waals surface area contributed by atoms with Crippen molar-refractivity contribution < 1.29 is 4.79 Å². The Balaban J connectivity index is 1.50. The molecule has 1 amide bonds. The molecule has 3 aromatic rings. The van der Waals surface area contributed by atoms with Gasteiger partial charge in [0.05, 0.1) is 17.4 Å². The average Bonchev–Trinajstić information content (AvgIpc) is 3.31. The fourth-order valence-electron chi connectivity index (χ4n) is 3.72. The number of rotatable bonds is 3. The van der Waals surface area contributed by atoms with Gasteiger partial charge in [0.25, 0.3) is 5.91 Å². The Labute approximate surface area is 157 Å². The fourth-order valence-corrected chi connectivity index (χ4v) is 4.49. The van der Waals surface area contributed by atoms with Crippen LogP contribution in [0.25, 0.3) is 11.1 Å². The summed E-state index contributed by atoms with van der Waals surface area (Å²) in [5, 5.41) is 7.53. The standard InChI is InChI=1S/C20H22N4OS/c1-13-5-3-4-6-16(13)17-11-22-23-18(17)15-7-9-24(10-8-15)20(25)19-14(2)21-12-26-19/h3-6,11-12,15H,7-10H2,1-2H3,(H,22,23). The van der Waals surface area contributed by atoms with E-state index in [1.165, 1.54) is 33.7 Å². The van der Waals surface area contributed by atoms with Crippen LogP contribution < -0.4 is 0 Å². The highest BCUT2D eigenvalue weighted by atomic mass is 32.1. The largest absolute Gasteiger partial charge is 0.338 e. The molecule has 0 unspecified atom stereocenters. The van der Waals surface area contributed by atoms with Gasteiger partial charge in [0.2, 0.25) is 0 Å². The fraction of sp³-hybridized carbons (Fsp3) is 0.350. The number of hydrogen-bond donors (Lipinski definition) is 1. The highest BCUT2D eigenvalue weighted by Crippen LogP contribution is 2.35. The maximum Gasteiger partial charge on any atom is 0.265 e. The van der Waals surface area contributed by atoms with Crippen molar-refractivity contribution in [2.24, 2.45) is 0 Å². The number of hydrogen-bond acceptors (Lipinski definition) is 4. The lowest BCUT2D eigenvalue weighted by Gasteiger charge is -2.31. The predicted molar refractivity (Wildman–Crippen MR) is 103 cm³/mol. The summed E-state index contributed by atoms with van der Waals surface area (Å²) in [5.41, 5.74) is 7.44. The summed E-state index contributed by atoms with van der Waals surface area (Å²) >= 11 is 1.43. The van der Waals surface area contributed by atoms with Crippen LogP contribution in [-0.4, -0.2) is 39.1 Å². The summed E-state index contributed by atoms with van der Waals surface area (Å²) in [7, 11) is 0. The molecule has 1 aliphatic rings. The molecule has 0 saturated carbocycles. The van der Waals surface area contributed by atoms with Crippen LogP contribution in [0.1, 0.15) is 45.4 Å². The topological polar surface area (TPSA) is 61.9 Å². The zero-order valence-electron chi connectivity index (χ0n) is 15.0. The quantitative estimate of drug-likeness (QED) is 0.757. The first-order valence-corrected chi connectivity index (χ1v) is 9.81. The minimum Gasteiger partial charge on any atom is -0.338 e. The molecule has 1 saturated heterocycles. The number of benzene rings is 1. The van der Waals surface area contributed by atoms with Crippen molar-refractivity contribution in [3.05, 3.63) is 57.8 Å². The third-order valence-corrected chi connectivity index (χ3v) is 6.15. The number of likely N-dealkylation sites (tertiary alicyclic amines) is 1. The first-order valence-electron chi connectivity index (χ1n) is 8.93. The first-order chi connectivity index (χ1) is 12.6. The molecule has 1 aliphatic heterocycles. The minimum atomic E-state index is 0.118. The van der Waals surface area contributed by atoms with E-state index in [0.29, 0.717) is 5.92 Å². The second kappa shape index (κ2) is 7.03. The highest BCUT2D eigenvalue weighted by Gasteiger charge is 2.28. The van der Waals surface area contributed by atoms with Gasteiger partial charge >= 0.3 is 0 Å². The molecular weight excluding hydrogens is 344 g/mol. The third-order valence-electron chi connectivity index (χ3n) is 5.23. The molecule has 5 nitrogen and oxygen atoms in total. The molecule has 134 valence electrons. The summed E-state index contributed by atoms with van der Waals surface area (Å²) in [5.74, 6) is 0.519. The molecule has 4 rings (SSSR count). The van der Waals surface area contributed by atoms with Gasteiger partial charge in [-0.15, -0.1) is 11.3 Å². The van der Waals surface area contributed by atoms with Gasteiger partial charge in [-0.25, -0.2) is 4.98 Å². The van der Waals surface area contributed by atoms with E-state index in [-0.39, 0.29) is 5.91 Å². The van der Waals surface area contributed by atoms with E-state index in [2.05, 4.69) is 46.4 Å². The Hall–Kier alpha value is -2.47. The van der Waals surface area contributed by atoms with Crippen molar-refractivity contribution in [1.29, 1.82) is 0 Å². The summed E-state index contributed by atoms with van der Waals surface area (Å²) < 4.78 is 0. The lowest BCUT2D eigenvalue weighted by atomic mass is 9.88. The normalized spacial score (nSPS) is 15.4. The number of nitrogens with one attached hydrogen (secondary N) is 1. The van der Waals surface area contributed by atoms with Gasteiger partial charge in [-0.3, -0.25) is 9.89 Å². The molecule has 0 bridgehead atoms. The molecule has 0 atom stereocenters. The summed E-state index contributed by atoms with van der Waals surface area (Å²) in [6, 6.07) is 8.40. The molecule has 1 fully saturated rings. The van der Waals surface area contributed by atoms with Crippen LogP contribution in [0.2, 0.25) is 0 Å². The van der Waals surface area contributed by atoms with Gasteiger partial charge in [0.1, 0.15) is 4.88 Å². The molecule has 1 aromatic carbocycles. The summed E-state index contributed by atoms with van der Waals surface area (Å²) in [6.45, 7) is 5.57. The number of carbonyl (C=O) groups excluding carboxylic acids is 1. The molecule has 3 heterocycles. The number of nitrogens with zero attached hydrogens (tertiary/aromatic N) is 3. The zero-order valence-corrected chi connectivity index (χ0v) is 15.8. The average molecular weight is 366 g/mol. The summed E-state index contributed by atoms with van der Waals surface area (Å²) in [4.78, 5) is 19.6. The smallest absolute Gasteiger partial charge is 0.265 e. The molecule has 0 aliphatic carbocycles. The van der Waals surface area contributed by atoms with Crippen molar-refractivity contribution >= 4 is 17.2 Å². The SMILES string of the molecule is Cc1ccccc1-c1cn[nH]c1C1CCN(C(=O)c2scnc2C)CC1. The number of piperidine rings is 1. The van der Waals surface area contributed by atoms with Crippen molar-refractivity contribution in [2.75, 3.05) is 13.1 Å². The monoisotopic (exact) mass is 366 g/mol. The van der Waals surface area contributed by atoms with Crippen LogP contribution >= 0.6 is 11.3 Å². The molecule has 2 aromatic heterocycles. The van der Waals surface area contributed by atoms with Crippen LogP contribution in [-0.2, 0) is 0 Å². The second-order valence-electron chi connectivity index (χ2n) is 6.85. The van der Waals surface area contributed by atoms with Gasteiger partial charge < -0.3 is 4.90 Å². The lowest BCUT2D eigenvalue weighted by molar-refractivity contribution is 0.0716. The first kappa shape index (κ1) is 17.0. The lowest BCUT2D eigenvalue weighted by Crippen LogP contribution is -2.38. The highest BCUT2D eigenvalue weighted by molar-refractivity contribution is 7.11. The Morgan fingerprint density at radius 3 is 2.65 bits per heavy atom. The number of aromatic amines is 1. The van der Waals surface area contributed by atoms with E-state index < -0.39 is 0 Å². The molecule has 1 N–H and O–H groups in total. The third kappa shape index (κ3) is 3.05. The van der Waals surface area contributed by atoms with Gasteiger partial charge in [-0.05, 0) is 37.8 Å². The van der Waals surface area contributed by atoms with Crippen LogP contribution in [0.4, 0.5) is 0 Å². The minimum absolute atomic E-state index is 0.118. The van der Waals surface area contributed by atoms with Crippen molar-refractivity contribution in [2.45, 2.75) is 32.6 Å². The number of amides is 1. The van der Waals surface area contributed by atoms with Gasteiger partial charge in [0.15, 0.2) is 0 Å². The number of thiazole rings is 1. The van der Waals surface area contributed by atoms with E-state index in [1.807, 2.05) is 18.0 Å². The van der Waals surface area contributed by atoms with E-state index in [4.69, 9.17) is 0 Å². The van der Waals surface area contributed by atoms with E-state index in [1.54, 1.807) is 5.51 Å². The van der Waals surface area contributed by atoms with Crippen LogP contribution in [0.5, 0.6) is 0 Å². The molecule has 6 heteroatoms. The second-order valence-corrected chi connectivity index (χ2v) is 7.70. The maximum absolute atomic E-state index is 12.7. The van der Waals surface area contributed by atoms with Crippen molar-refractivity contribution in [3.63, 3.8) is 0 Å². The van der Waals surface area contributed by atoms with E-state index in [9.17, 15) is 4.79 Å². The Kier molecular flexibility index (Phi) is 4.59. The van der Waals surface area contributed by atoms with Gasteiger partial charge in [-0.1, -0.05) is 24.3 Å². The number of H-pyrrole nitrogens is 1. The van der Waals surface area contributed by atoms with Crippen molar-refractivity contribution in [1.82, 2.24) is 20.1 Å².